The SMILES string of the molecule is COc1ccc(CN2C(=O)/C(=C/c3ccccc3)c3ccccc3C2=O)cc1. The topological polar surface area (TPSA) is 46.6 Å². The molecule has 0 radical (unpaired) electrons. The van der Waals surface area contributed by atoms with E-state index >= 15 is 0 Å². The molecule has 2 amide bonds. The van der Waals surface area contributed by atoms with Gasteiger partial charge in [0.2, 0.25) is 0 Å². The predicted octanol–water partition coefficient (Wildman–Crippen LogP) is 4.42. The molecule has 0 spiro atoms. The molecular weight excluding hydrogens is 350 g/mol. The standard InChI is InChI=1S/C24H19NO3/c1-28-19-13-11-18(12-14-19)16-25-23(26)21-10-6-5-9-20(21)22(24(25)27)15-17-7-3-2-4-8-17/h2-15H,16H2,1H3/b22-15+. The Labute approximate surface area is 163 Å². The number of rotatable bonds is 4. The lowest BCUT2D eigenvalue weighted by atomic mass is 9.92. The Hall–Kier alpha value is -3.66. The maximum absolute atomic E-state index is 13.2. The average molecular weight is 369 g/mol. The summed E-state index contributed by atoms with van der Waals surface area (Å²) in [6.45, 7) is 0.210. The molecule has 1 aliphatic heterocycles. The van der Waals surface area contributed by atoms with Crippen LogP contribution in [0.1, 0.15) is 27.0 Å². The highest BCUT2D eigenvalue weighted by Gasteiger charge is 2.34. The highest BCUT2D eigenvalue weighted by Crippen LogP contribution is 2.31. The Morgan fingerprint density at radius 3 is 2.11 bits per heavy atom. The first-order chi connectivity index (χ1) is 13.7. The number of nitrogens with zero attached hydrogens (tertiary/aromatic N) is 1. The monoisotopic (exact) mass is 369 g/mol. The molecule has 0 saturated heterocycles. The van der Waals surface area contributed by atoms with Gasteiger partial charge in [-0.25, -0.2) is 0 Å². The quantitative estimate of drug-likeness (QED) is 0.505. The summed E-state index contributed by atoms with van der Waals surface area (Å²) in [6, 6.07) is 24.3. The lowest BCUT2D eigenvalue weighted by molar-refractivity contribution is -0.123. The van der Waals surface area contributed by atoms with Crippen LogP contribution >= 0.6 is 0 Å². The van der Waals surface area contributed by atoms with E-state index in [1.165, 1.54) is 4.90 Å². The molecule has 0 fully saturated rings. The van der Waals surface area contributed by atoms with E-state index in [1.54, 1.807) is 13.2 Å². The van der Waals surface area contributed by atoms with E-state index in [1.807, 2.05) is 78.9 Å². The van der Waals surface area contributed by atoms with Crippen molar-refractivity contribution in [3.63, 3.8) is 0 Å². The Balaban J connectivity index is 1.75. The largest absolute Gasteiger partial charge is 0.497 e. The molecule has 0 aliphatic carbocycles. The van der Waals surface area contributed by atoms with Crippen LogP contribution in [-0.4, -0.2) is 23.8 Å². The second-order valence-electron chi connectivity index (χ2n) is 6.56. The zero-order valence-electron chi connectivity index (χ0n) is 15.5. The minimum Gasteiger partial charge on any atom is -0.497 e. The summed E-state index contributed by atoms with van der Waals surface area (Å²) in [5.74, 6) is 0.167. The number of methoxy groups -OCH3 is 1. The van der Waals surface area contributed by atoms with Crippen molar-refractivity contribution in [1.29, 1.82) is 0 Å². The molecule has 4 nitrogen and oxygen atoms in total. The van der Waals surface area contributed by atoms with Gasteiger partial charge in [-0.1, -0.05) is 60.7 Å². The number of carbonyl (C=O) groups excluding carboxylic acids is 2. The summed E-state index contributed by atoms with van der Waals surface area (Å²) < 4.78 is 5.17. The highest BCUT2D eigenvalue weighted by atomic mass is 16.5. The fraction of sp³-hybridized carbons (Fsp3) is 0.0833. The summed E-state index contributed by atoms with van der Waals surface area (Å²) in [4.78, 5) is 27.6. The molecule has 3 aromatic carbocycles. The molecular formula is C24H19NO3. The molecule has 4 rings (SSSR count). The average Bonchev–Trinajstić information content (AvgIpc) is 2.75. The normalized spacial score (nSPS) is 14.9. The molecule has 1 aliphatic rings. The maximum atomic E-state index is 13.2. The smallest absolute Gasteiger partial charge is 0.261 e. The van der Waals surface area contributed by atoms with E-state index in [4.69, 9.17) is 4.74 Å². The number of ether oxygens (including phenoxy) is 1. The highest BCUT2D eigenvalue weighted by molar-refractivity contribution is 6.33. The van der Waals surface area contributed by atoms with E-state index in [0.29, 0.717) is 16.7 Å². The zero-order valence-corrected chi connectivity index (χ0v) is 15.5. The Morgan fingerprint density at radius 1 is 0.786 bits per heavy atom. The number of hydrogen-bond acceptors (Lipinski definition) is 3. The molecule has 0 bridgehead atoms. The van der Waals surface area contributed by atoms with Crippen LogP contribution in [0.25, 0.3) is 11.6 Å². The molecule has 4 heteroatoms. The molecule has 3 aromatic rings. The van der Waals surface area contributed by atoms with Gasteiger partial charge >= 0.3 is 0 Å². The minimum atomic E-state index is -0.289. The lowest BCUT2D eigenvalue weighted by Crippen LogP contribution is -2.41. The van der Waals surface area contributed by atoms with Crippen LogP contribution in [0.4, 0.5) is 0 Å². The van der Waals surface area contributed by atoms with Gasteiger partial charge in [-0.15, -0.1) is 0 Å². The van der Waals surface area contributed by atoms with Crippen LogP contribution in [0.15, 0.2) is 78.9 Å². The van der Waals surface area contributed by atoms with Crippen molar-refractivity contribution in [2.24, 2.45) is 0 Å². The lowest BCUT2D eigenvalue weighted by Gasteiger charge is -2.28. The predicted molar refractivity (Wildman–Crippen MR) is 109 cm³/mol. The van der Waals surface area contributed by atoms with E-state index in [2.05, 4.69) is 0 Å². The van der Waals surface area contributed by atoms with Crippen molar-refractivity contribution in [3.05, 3.63) is 101 Å². The maximum Gasteiger partial charge on any atom is 0.261 e. The first-order valence-electron chi connectivity index (χ1n) is 9.02. The van der Waals surface area contributed by atoms with Crippen LogP contribution < -0.4 is 4.74 Å². The van der Waals surface area contributed by atoms with Crippen LogP contribution in [0.3, 0.4) is 0 Å². The van der Waals surface area contributed by atoms with Crippen LogP contribution in [0, 0.1) is 0 Å². The van der Waals surface area contributed by atoms with Crippen molar-refractivity contribution in [2.45, 2.75) is 6.54 Å². The zero-order chi connectivity index (χ0) is 19.5. The summed E-state index contributed by atoms with van der Waals surface area (Å²) in [5, 5.41) is 0. The van der Waals surface area contributed by atoms with Gasteiger partial charge in [0.15, 0.2) is 0 Å². The van der Waals surface area contributed by atoms with Gasteiger partial charge in [0.05, 0.1) is 13.7 Å². The van der Waals surface area contributed by atoms with Gasteiger partial charge < -0.3 is 4.74 Å². The van der Waals surface area contributed by atoms with Gasteiger partial charge in [-0.2, -0.15) is 0 Å². The fourth-order valence-electron chi connectivity index (χ4n) is 3.32. The van der Waals surface area contributed by atoms with Crippen molar-refractivity contribution in [1.82, 2.24) is 4.90 Å². The van der Waals surface area contributed by atoms with Gasteiger partial charge in [-0.3, -0.25) is 14.5 Å². The number of fused-ring (bicyclic) bond motifs is 1. The van der Waals surface area contributed by atoms with Gasteiger partial charge in [0, 0.05) is 11.1 Å². The number of carbonyl (C=O) groups is 2. The summed E-state index contributed by atoms with van der Waals surface area (Å²) in [6.07, 6.45) is 1.84. The number of hydrogen-bond donors (Lipinski definition) is 0. The van der Waals surface area contributed by atoms with Crippen molar-refractivity contribution in [3.8, 4) is 5.75 Å². The molecule has 28 heavy (non-hydrogen) atoms. The Morgan fingerprint density at radius 2 is 1.43 bits per heavy atom. The molecule has 1 heterocycles. The van der Waals surface area contributed by atoms with Crippen molar-refractivity contribution >= 4 is 23.5 Å². The minimum absolute atomic E-state index is 0.210. The van der Waals surface area contributed by atoms with Crippen molar-refractivity contribution < 1.29 is 14.3 Å². The van der Waals surface area contributed by atoms with Crippen molar-refractivity contribution in [2.75, 3.05) is 7.11 Å². The third-order valence-corrected chi connectivity index (χ3v) is 4.78. The van der Waals surface area contributed by atoms with Crippen LogP contribution in [-0.2, 0) is 11.3 Å². The second kappa shape index (κ2) is 7.53. The first kappa shape index (κ1) is 17.7. The van der Waals surface area contributed by atoms with Gasteiger partial charge in [-0.05, 0) is 41.0 Å². The molecule has 138 valence electrons. The van der Waals surface area contributed by atoms with Crippen LogP contribution in [0.2, 0.25) is 0 Å². The number of imide groups is 1. The summed E-state index contributed by atoms with van der Waals surface area (Å²) in [5.41, 5.74) is 3.51. The van der Waals surface area contributed by atoms with Crippen LogP contribution in [0.5, 0.6) is 5.75 Å². The third kappa shape index (κ3) is 3.32. The molecule has 0 atom stereocenters. The summed E-state index contributed by atoms with van der Waals surface area (Å²) >= 11 is 0. The number of benzene rings is 3. The first-order valence-corrected chi connectivity index (χ1v) is 9.02. The Bertz CT molecular complexity index is 1050. The van der Waals surface area contributed by atoms with E-state index in [-0.39, 0.29) is 18.4 Å². The second-order valence-corrected chi connectivity index (χ2v) is 6.56. The Kier molecular flexibility index (Phi) is 4.77. The summed E-state index contributed by atoms with van der Waals surface area (Å²) in [7, 11) is 1.60. The molecule has 0 unspecified atom stereocenters. The molecule has 0 aromatic heterocycles. The van der Waals surface area contributed by atoms with Gasteiger partial charge in [0.25, 0.3) is 11.8 Å². The molecule has 0 saturated carbocycles. The fourth-order valence-corrected chi connectivity index (χ4v) is 3.32. The number of amides is 2. The van der Waals surface area contributed by atoms with E-state index in [0.717, 1.165) is 16.9 Å². The third-order valence-electron chi connectivity index (χ3n) is 4.78. The van der Waals surface area contributed by atoms with Gasteiger partial charge in [0.1, 0.15) is 5.75 Å². The van der Waals surface area contributed by atoms with E-state index < -0.39 is 0 Å². The van der Waals surface area contributed by atoms with E-state index in [9.17, 15) is 9.59 Å². The molecule has 0 N–H and O–H groups in total.